The number of benzene rings is 2. The van der Waals surface area contributed by atoms with Gasteiger partial charge in [-0.3, -0.25) is 4.79 Å². The van der Waals surface area contributed by atoms with Crippen molar-refractivity contribution in [2.75, 3.05) is 6.61 Å². The summed E-state index contributed by atoms with van der Waals surface area (Å²) >= 11 is 13.1. The molecule has 1 N–H and O–H groups in total. The number of hydrogen-bond donors (Lipinski definition) is 1. The maximum Gasteiger partial charge on any atom is 0.307 e. The van der Waals surface area contributed by atoms with Crippen LogP contribution in [0.1, 0.15) is 74.2 Å². The summed E-state index contributed by atoms with van der Waals surface area (Å²) in [6.45, 7) is 1.08. The summed E-state index contributed by atoms with van der Waals surface area (Å²) in [5.74, 6) is 1.20. The molecule has 200 valence electrons. The summed E-state index contributed by atoms with van der Waals surface area (Å²) in [6.07, 6.45) is 8.31. The summed E-state index contributed by atoms with van der Waals surface area (Å²) in [6, 6.07) is 12.9. The number of halogens is 2. The van der Waals surface area contributed by atoms with Crippen molar-refractivity contribution in [1.82, 2.24) is 5.16 Å². The number of nitrogens with zero attached hydrogens (tertiary/aromatic N) is 1. The van der Waals surface area contributed by atoms with E-state index >= 15 is 0 Å². The Bertz CT molecular complexity index is 1300. The monoisotopic (exact) mass is 555 g/mol. The summed E-state index contributed by atoms with van der Waals surface area (Å²) in [5, 5.41) is 14.6. The topological polar surface area (TPSA) is 81.8 Å². The number of carboxylic acid groups (broad SMARTS) is 1. The number of hydrogen-bond acceptors (Lipinski definition) is 5. The molecule has 0 unspecified atom stereocenters. The molecule has 0 radical (unpaired) electrons. The summed E-state index contributed by atoms with van der Waals surface area (Å²) < 4.78 is 18.8. The normalized spacial score (nSPS) is 24.5. The molecule has 0 amide bonds. The van der Waals surface area contributed by atoms with Crippen LogP contribution in [0.3, 0.4) is 0 Å². The molecule has 3 aromatic rings. The van der Waals surface area contributed by atoms with E-state index in [0.29, 0.717) is 40.4 Å². The van der Waals surface area contributed by atoms with E-state index < -0.39 is 5.97 Å². The van der Waals surface area contributed by atoms with Crippen LogP contribution in [0.4, 0.5) is 0 Å². The highest BCUT2D eigenvalue weighted by Crippen LogP contribution is 2.55. The van der Waals surface area contributed by atoms with Crippen LogP contribution < -0.4 is 4.74 Å². The highest BCUT2D eigenvalue weighted by Gasteiger charge is 2.50. The van der Waals surface area contributed by atoms with Crippen molar-refractivity contribution in [1.29, 1.82) is 0 Å². The Morgan fingerprint density at radius 2 is 1.71 bits per heavy atom. The number of rotatable bonds is 10. The van der Waals surface area contributed by atoms with Crippen molar-refractivity contribution in [2.45, 2.75) is 75.9 Å². The van der Waals surface area contributed by atoms with E-state index in [1.54, 1.807) is 0 Å². The number of aliphatic carboxylic acids is 1. The van der Waals surface area contributed by atoms with E-state index in [9.17, 15) is 4.79 Å². The maximum atomic E-state index is 11.0. The summed E-state index contributed by atoms with van der Waals surface area (Å²) in [7, 11) is 0. The molecule has 2 aromatic carbocycles. The van der Waals surface area contributed by atoms with Gasteiger partial charge in [0.25, 0.3) is 0 Å². The van der Waals surface area contributed by atoms with Gasteiger partial charge in [0.15, 0.2) is 0 Å². The lowest BCUT2D eigenvalue weighted by molar-refractivity contribution is -0.150. The fourth-order valence-corrected chi connectivity index (χ4v) is 6.67. The maximum absolute atomic E-state index is 11.0. The molecule has 6 nitrogen and oxygen atoms in total. The second-order valence-corrected chi connectivity index (χ2v) is 12.0. The Balaban J connectivity index is 1.12. The van der Waals surface area contributed by atoms with Crippen molar-refractivity contribution in [3.05, 3.63) is 69.4 Å². The molecule has 2 bridgehead atoms. The van der Waals surface area contributed by atoms with Gasteiger partial charge in [0, 0.05) is 22.5 Å². The van der Waals surface area contributed by atoms with Crippen molar-refractivity contribution < 1.29 is 23.9 Å². The van der Waals surface area contributed by atoms with Crippen molar-refractivity contribution in [2.24, 2.45) is 5.41 Å². The predicted octanol–water partition coefficient (Wildman–Crippen LogP) is 7.84. The molecule has 4 aliphatic carbocycles. The lowest BCUT2D eigenvalue weighted by Crippen LogP contribution is -2.49. The second kappa shape index (κ2) is 10.2. The van der Waals surface area contributed by atoms with Gasteiger partial charge in [-0.2, -0.15) is 0 Å². The van der Waals surface area contributed by atoms with Crippen LogP contribution in [0.2, 0.25) is 10.0 Å². The lowest BCUT2D eigenvalue weighted by Gasteiger charge is -2.52. The first-order valence-corrected chi connectivity index (χ1v) is 14.1. The third kappa shape index (κ3) is 5.18. The Morgan fingerprint density at radius 1 is 1.03 bits per heavy atom. The minimum atomic E-state index is -0.839. The zero-order chi connectivity index (χ0) is 26.3. The van der Waals surface area contributed by atoms with Gasteiger partial charge in [-0.25, -0.2) is 0 Å². The molecular weight excluding hydrogens is 525 g/mol. The first-order valence-electron chi connectivity index (χ1n) is 13.4. The van der Waals surface area contributed by atoms with Crippen molar-refractivity contribution in [3.63, 3.8) is 0 Å². The average molecular weight is 556 g/mol. The molecule has 0 atom stereocenters. The van der Waals surface area contributed by atoms with E-state index in [-0.39, 0.29) is 17.4 Å². The fraction of sp³-hybridized carbons (Fsp3) is 0.467. The summed E-state index contributed by atoms with van der Waals surface area (Å²) in [4.78, 5) is 11.0. The van der Waals surface area contributed by atoms with Gasteiger partial charge in [0.05, 0.1) is 35.3 Å². The molecular formula is C30H31Cl2NO5. The molecule has 38 heavy (non-hydrogen) atoms. The standard InChI is InChI=1S/C30H31Cl2NO5/c31-23-5-2-6-24(32)26(23)27-22(28(38-33-27)20-7-8-20)17-37-30-12-9-29(10-13-30,11-14-30)18-36-21-4-1-3-19(15-21)16-25(34)35/h1-6,15,20H,7-14,16-18H2,(H,34,35). The van der Waals surface area contributed by atoms with Crippen LogP contribution in [0.5, 0.6) is 5.75 Å². The van der Waals surface area contributed by atoms with Gasteiger partial charge >= 0.3 is 5.97 Å². The Kier molecular flexibility index (Phi) is 6.91. The van der Waals surface area contributed by atoms with Crippen LogP contribution in [0, 0.1) is 5.41 Å². The molecule has 1 aromatic heterocycles. The fourth-order valence-electron chi connectivity index (χ4n) is 6.09. The molecule has 0 aliphatic heterocycles. The van der Waals surface area contributed by atoms with E-state index in [1.165, 1.54) is 0 Å². The quantitative estimate of drug-likeness (QED) is 0.274. The van der Waals surface area contributed by atoms with Crippen LogP contribution >= 0.6 is 23.2 Å². The number of fused-ring (bicyclic) bond motifs is 3. The molecule has 0 spiro atoms. The smallest absolute Gasteiger partial charge is 0.307 e. The number of aromatic nitrogens is 1. The molecule has 0 saturated heterocycles. The van der Waals surface area contributed by atoms with Gasteiger partial charge < -0.3 is 19.1 Å². The molecule has 4 fully saturated rings. The molecule has 1 heterocycles. The van der Waals surface area contributed by atoms with Gasteiger partial charge in [0.1, 0.15) is 17.2 Å². The van der Waals surface area contributed by atoms with Crippen molar-refractivity contribution in [3.8, 4) is 17.0 Å². The SMILES string of the molecule is O=C(O)Cc1cccc(OCC23CCC(OCc4c(-c5c(Cl)cccc5Cl)noc4C4CC4)(CC2)CC3)c1. The molecule has 8 heteroatoms. The Labute approximate surface area is 232 Å². The van der Waals surface area contributed by atoms with E-state index in [0.717, 1.165) is 74.0 Å². The zero-order valence-corrected chi connectivity index (χ0v) is 22.7. The van der Waals surface area contributed by atoms with Gasteiger partial charge in [-0.05, 0) is 81.2 Å². The van der Waals surface area contributed by atoms with E-state index in [4.69, 9.17) is 42.3 Å². The second-order valence-electron chi connectivity index (χ2n) is 11.2. The van der Waals surface area contributed by atoms with E-state index in [2.05, 4.69) is 5.16 Å². The first kappa shape index (κ1) is 25.7. The predicted molar refractivity (Wildman–Crippen MR) is 145 cm³/mol. The lowest BCUT2D eigenvalue weighted by atomic mass is 9.59. The zero-order valence-electron chi connectivity index (χ0n) is 21.2. The van der Waals surface area contributed by atoms with Crippen LogP contribution in [-0.4, -0.2) is 28.4 Å². The highest BCUT2D eigenvalue weighted by atomic mass is 35.5. The van der Waals surface area contributed by atoms with Crippen molar-refractivity contribution >= 4 is 29.2 Å². The van der Waals surface area contributed by atoms with Crippen LogP contribution in [0.25, 0.3) is 11.3 Å². The van der Waals surface area contributed by atoms with Gasteiger partial charge in [-0.15, -0.1) is 0 Å². The first-order chi connectivity index (χ1) is 18.4. The molecule has 7 rings (SSSR count). The number of carboxylic acids is 1. The third-order valence-corrected chi connectivity index (χ3v) is 9.25. The Hall–Kier alpha value is -2.54. The van der Waals surface area contributed by atoms with E-state index in [1.807, 2.05) is 42.5 Å². The number of carbonyl (C=O) groups is 1. The van der Waals surface area contributed by atoms with Crippen LogP contribution in [0.15, 0.2) is 47.0 Å². The largest absolute Gasteiger partial charge is 0.493 e. The third-order valence-electron chi connectivity index (χ3n) is 8.62. The highest BCUT2D eigenvalue weighted by molar-refractivity contribution is 6.39. The minimum absolute atomic E-state index is 0.00123. The number of ether oxygens (including phenoxy) is 2. The average Bonchev–Trinajstić information content (AvgIpc) is 3.67. The minimum Gasteiger partial charge on any atom is -0.493 e. The van der Waals surface area contributed by atoms with Crippen LogP contribution in [-0.2, 0) is 22.6 Å². The summed E-state index contributed by atoms with van der Waals surface area (Å²) in [5.41, 5.74) is 3.12. The molecule has 4 saturated carbocycles. The molecule has 4 aliphatic rings. The van der Waals surface area contributed by atoms with Gasteiger partial charge in [-0.1, -0.05) is 46.6 Å². The van der Waals surface area contributed by atoms with Gasteiger partial charge in [0.2, 0.25) is 0 Å². The Morgan fingerprint density at radius 3 is 2.37 bits per heavy atom.